The largest absolute Gasteiger partial charge is 0.348 e. The third kappa shape index (κ3) is 3.64. The molecule has 0 bridgehead atoms. The molecule has 0 amide bonds. The fourth-order valence-electron chi connectivity index (χ4n) is 2.02. The van der Waals surface area contributed by atoms with Crippen LogP contribution < -0.4 is 10.6 Å². The maximum absolute atomic E-state index is 4.00. The van der Waals surface area contributed by atoms with Gasteiger partial charge in [0.15, 0.2) is 0 Å². The maximum Gasteiger partial charge on any atom is 0.0921 e. The Bertz CT molecular complexity index is 252. The van der Waals surface area contributed by atoms with Gasteiger partial charge in [0.2, 0.25) is 0 Å². The molecule has 4 nitrogen and oxygen atoms in total. The topological polar surface area (TPSA) is 52.7 Å². The molecule has 2 heterocycles. The number of piperidine rings is 1. The third-order valence-electron chi connectivity index (χ3n) is 2.93. The van der Waals surface area contributed by atoms with E-state index in [0.29, 0.717) is 6.04 Å². The van der Waals surface area contributed by atoms with Crippen molar-refractivity contribution in [2.24, 2.45) is 0 Å². The summed E-state index contributed by atoms with van der Waals surface area (Å²) < 4.78 is 0. The lowest BCUT2D eigenvalue weighted by atomic mass is 10.1. The van der Waals surface area contributed by atoms with Gasteiger partial charge in [-0.05, 0) is 19.4 Å². The van der Waals surface area contributed by atoms with Crippen LogP contribution in [0.3, 0.4) is 0 Å². The minimum Gasteiger partial charge on any atom is -0.348 e. The monoisotopic (exact) mass is 208 g/mol. The Labute approximate surface area is 90.9 Å². The predicted octanol–water partition coefficient (Wildman–Crippen LogP) is 0.684. The molecule has 0 spiro atoms. The molecule has 0 aliphatic carbocycles. The van der Waals surface area contributed by atoms with Crippen molar-refractivity contribution < 1.29 is 0 Å². The van der Waals surface area contributed by atoms with Crippen molar-refractivity contribution in [3.63, 3.8) is 0 Å². The second-order valence-corrected chi connectivity index (χ2v) is 4.18. The lowest BCUT2D eigenvalue weighted by molar-refractivity contribution is 0.384. The highest BCUT2D eigenvalue weighted by molar-refractivity contribution is 4.94. The van der Waals surface area contributed by atoms with Crippen LogP contribution in [0.5, 0.6) is 0 Å². The highest BCUT2D eigenvalue weighted by atomic mass is 15.0. The Morgan fingerprint density at radius 1 is 1.47 bits per heavy atom. The molecule has 15 heavy (non-hydrogen) atoms. The van der Waals surface area contributed by atoms with Crippen LogP contribution in [0.2, 0.25) is 0 Å². The van der Waals surface area contributed by atoms with Crippen molar-refractivity contribution >= 4 is 0 Å². The molecular formula is C11H20N4. The molecule has 1 atom stereocenters. The molecule has 1 aromatic heterocycles. The molecule has 1 unspecified atom stereocenters. The standard InChI is InChI=1S/C11H20N4/c1-2-5-14-10(3-1)7-12-6-4-11-8-13-9-15-11/h8-10,12,14H,1-7H2,(H,13,15). The van der Waals surface area contributed by atoms with Gasteiger partial charge in [0, 0.05) is 37.4 Å². The van der Waals surface area contributed by atoms with Gasteiger partial charge in [-0.15, -0.1) is 0 Å². The summed E-state index contributed by atoms with van der Waals surface area (Å²) in [4.78, 5) is 7.10. The van der Waals surface area contributed by atoms with E-state index in [4.69, 9.17) is 0 Å². The van der Waals surface area contributed by atoms with E-state index in [1.807, 2.05) is 6.20 Å². The molecule has 0 radical (unpaired) electrons. The summed E-state index contributed by atoms with van der Waals surface area (Å²) in [5, 5.41) is 7.01. The molecule has 0 aromatic carbocycles. The van der Waals surface area contributed by atoms with Gasteiger partial charge in [0.25, 0.3) is 0 Å². The number of hydrogen-bond acceptors (Lipinski definition) is 3. The number of H-pyrrole nitrogens is 1. The lowest BCUT2D eigenvalue weighted by Gasteiger charge is -2.23. The first-order chi connectivity index (χ1) is 7.45. The van der Waals surface area contributed by atoms with Crippen molar-refractivity contribution in [2.75, 3.05) is 19.6 Å². The Balaban J connectivity index is 1.54. The molecule has 1 saturated heterocycles. The van der Waals surface area contributed by atoms with E-state index in [9.17, 15) is 0 Å². The quantitative estimate of drug-likeness (QED) is 0.624. The normalized spacial score (nSPS) is 21.7. The van der Waals surface area contributed by atoms with Gasteiger partial charge >= 0.3 is 0 Å². The smallest absolute Gasteiger partial charge is 0.0921 e. The molecule has 1 fully saturated rings. The first kappa shape index (κ1) is 10.6. The summed E-state index contributed by atoms with van der Waals surface area (Å²) in [7, 11) is 0. The van der Waals surface area contributed by atoms with Crippen LogP contribution in [-0.2, 0) is 6.42 Å². The van der Waals surface area contributed by atoms with Crippen LogP contribution in [-0.4, -0.2) is 35.6 Å². The zero-order chi connectivity index (χ0) is 10.3. The van der Waals surface area contributed by atoms with Gasteiger partial charge in [-0.2, -0.15) is 0 Å². The van der Waals surface area contributed by atoms with E-state index >= 15 is 0 Å². The summed E-state index contributed by atoms with van der Waals surface area (Å²) in [6, 6.07) is 0.681. The molecular weight excluding hydrogens is 188 g/mol. The summed E-state index contributed by atoms with van der Waals surface area (Å²) in [5.74, 6) is 0. The summed E-state index contributed by atoms with van der Waals surface area (Å²) in [6.07, 6.45) is 8.69. The zero-order valence-corrected chi connectivity index (χ0v) is 9.13. The average Bonchev–Trinajstić information content (AvgIpc) is 2.79. The minimum absolute atomic E-state index is 0.681. The molecule has 4 heteroatoms. The Kier molecular flexibility index (Phi) is 4.17. The lowest BCUT2D eigenvalue weighted by Crippen LogP contribution is -2.42. The van der Waals surface area contributed by atoms with E-state index in [-0.39, 0.29) is 0 Å². The van der Waals surface area contributed by atoms with Crippen LogP contribution in [0, 0.1) is 0 Å². The summed E-state index contributed by atoms with van der Waals surface area (Å²) >= 11 is 0. The number of nitrogens with zero attached hydrogens (tertiary/aromatic N) is 1. The van der Waals surface area contributed by atoms with Gasteiger partial charge in [-0.1, -0.05) is 6.42 Å². The van der Waals surface area contributed by atoms with E-state index in [0.717, 1.165) is 19.5 Å². The second kappa shape index (κ2) is 5.88. The zero-order valence-electron chi connectivity index (χ0n) is 9.13. The van der Waals surface area contributed by atoms with E-state index in [2.05, 4.69) is 20.6 Å². The van der Waals surface area contributed by atoms with Gasteiger partial charge in [-0.25, -0.2) is 4.98 Å². The number of imidazole rings is 1. The van der Waals surface area contributed by atoms with Crippen LogP contribution in [0.1, 0.15) is 25.0 Å². The Morgan fingerprint density at radius 2 is 2.47 bits per heavy atom. The molecule has 0 saturated carbocycles. The Hall–Kier alpha value is -0.870. The van der Waals surface area contributed by atoms with Crippen molar-refractivity contribution in [1.29, 1.82) is 0 Å². The highest BCUT2D eigenvalue weighted by Gasteiger charge is 2.10. The van der Waals surface area contributed by atoms with E-state index < -0.39 is 0 Å². The van der Waals surface area contributed by atoms with Crippen molar-refractivity contribution in [3.05, 3.63) is 18.2 Å². The molecule has 1 aliphatic rings. The first-order valence-corrected chi connectivity index (χ1v) is 5.86. The van der Waals surface area contributed by atoms with Gasteiger partial charge in [-0.3, -0.25) is 0 Å². The molecule has 1 aliphatic heterocycles. The Morgan fingerprint density at radius 3 is 3.20 bits per heavy atom. The highest BCUT2D eigenvalue weighted by Crippen LogP contribution is 2.05. The van der Waals surface area contributed by atoms with E-state index in [1.54, 1.807) is 6.33 Å². The summed E-state index contributed by atoms with van der Waals surface area (Å²) in [6.45, 7) is 3.31. The first-order valence-electron chi connectivity index (χ1n) is 5.86. The fourth-order valence-corrected chi connectivity index (χ4v) is 2.02. The van der Waals surface area contributed by atoms with Crippen LogP contribution in [0.15, 0.2) is 12.5 Å². The fraction of sp³-hybridized carbons (Fsp3) is 0.727. The SMILES string of the molecule is c1ncc(CCNCC2CCCCN2)[nH]1. The number of aromatic amines is 1. The minimum atomic E-state index is 0.681. The number of rotatable bonds is 5. The van der Waals surface area contributed by atoms with Crippen molar-refractivity contribution in [2.45, 2.75) is 31.7 Å². The third-order valence-corrected chi connectivity index (χ3v) is 2.93. The number of hydrogen-bond donors (Lipinski definition) is 3. The number of nitrogens with one attached hydrogen (secondary N) is 3. The number of aromatic nitrogens is 2. The molecule has 1 aromatic rings. The van der Waals surface area contributed by atoms with Crippen LogP contribution in [0.25, 0.3) is 0 Å². The van der Waals surface area contributed by atoms with Gasteiger partial charge in [0.1, 0.15) is 0 Å². The molecule has 2 rings (SSSR count). The van der Waals surface area contributed by atoms with E-state index in [1.165, 1.54) is 31.5 Å². The van der Waals surface area contributed by atoms with Gasteiger partial charge < -0.3 is 15.6 Å². The molecule has 84 valence electrons. The van der Waals surface area contributed by atoms with Gasteiger partial charge in [0.05, 0.1) is 6.33 Å². The second-order valence-electron chi connectivity index (χ2n) is 4.18. The average molecular weight is 208 g/mol. The predicted molar refractivity (Wildman–Crippen MR) is 60.8 cm³/mol. The van der Waals surface area contributed by atoms with Crippen LogP contribution in [0.4, 0.5) is 0 Å². The maximum atomic E-state index is 4.00. The van der Waals surface area contributed by atoms with Crippen LogP contribution >= 0.6 is 0 Å². The molecule has 3 N–H and O–H groups in total. The summed E-state index contributed by atoms with van der Waals surface area (Å²) in [5.41, 5.74) is 1.21. The van der Waals surface area contributed by atoms with Crippen molar-refractivity contribution in [1.82, 2.24) is 20.6 Å². The van der Waals surface area contributed by atoms with Crippen molar-refractivity contribution in [3.8, 4) is 0 Å².